The zero-order valence-electron chi connectivity index (χ0n) is 20.8. The van der Waals surface area contributed by atoms with Crippen molar-refractivity contribution in [2.45, 2.75) is 19.4 Å². The van der Waals surface area contributed by atoms with Crippen LogP contribution < -0.4 is 16.1 Å². The van der Waals surface area contributed by atoms with Crippen molar-refractivity contribution < 1.29 is 24.3 Å². The molecule has 1 atom stereocenters. The first kappa shape index (κ1) is 24.9. The molecule has 38 heavy (non-hydrogen) atoms. The van der Waals surface area contributed by atoms with Gasteiger partial charge in [0.25, 0.3) is 5.56 Å². The van der Waals surface area contributed by atoms with Crippen molar-refractivity contribution in [1.29, 1.82) is 0 Å². The van der Waals surface area contributed by atoms with Crippen LogP contribution in [0.25, 0.3) is 0 Å². The van der Waals surface area contributed by atoms with Crippen LogP contribution in [-0.4, -0.2) is 99.5 Å². The van der Waals surface area contributed by atoms with E-state index in [0.29, 0.717) is 24.3 Å². The number of benzene rings is 1. The number of hydrogen-bond donors (Lipinski definition) is 3. The van der Waals surface area contributed by atoms with E-state index in [4.69, 9.17) is 0 Å². The standard InChI is InChI=1S/C24H25N7O7/c1-12(32)30-6-7-31-16-5-4-14(25-10-15-18(33)26-22(37)27-19(15)34)8-13(16)9-24(17(31)11-30)20(35)28(2)23(38)29(3)21(24)36/h4-5,8,10,17H,6-7,9,11H2,1-3H3,(H3,26,27,33,34,37). The lowest BCUT2D eigenvalue weighted by atomic mass is 9.67. The minimum absolute atomic E-state index is 0.0390. The van der Waals surface area contributed by atoms with Gasteiger partial charge in [-0.25, -0.2) is 9.59 Å². The first-order valence-electron chi connectivity index (χ1n) is 11.8. The SMILES string of the molecule is CC(=O)N1CCN2c3ccc(N=Cc4c(O)[nH]c(=O)[nH]c4=O)cc3CC3(C(=O)N(C)C(=O)N(C)C3=O)C2C1. The van der Waals surface area contributed by atoms with E-state index >= 15 is 0 Å². The van der Waals surface area contributed by atoms with Gasteiger partial charge in [-0.2, -0.15) is 0 Å². The molecule has 14 nitrogen and oxygen atoms in total. The molecule has 0 aliphatic carbocycles. The molecule has 2 fully saturated rings. The number of urea groups is 1. The number of aromatic hydroxyl groups is 1. The van der Waals surface area contributed by atoms with Crippen molar-refractivity contribution in [3.05, 3.63) is 50.2 Å². The van der Waals surface area contributed by atoms with Crippen molar-refractivity contribution in [2.75, 3.05) is 38.6 Å². The molecule has 5 rings (SSSR count). The second-order valence-corrected chi connectivity index (χ2v) is 9.58. The number of H-pyrrole nitrogens is 2. The summed E-state index contributed by atoms with van der Waals surface area (Å²) in [5.74, 6) is -2.10. The fourth-order valence-corrected chi connectivity index (χ4v) is 5.54. The van der Waals surface area contributed by atoms with Gasteiger partial charge in [-0.3, -0.25) is 43.9 Å². The van der Waals surface area contributed by atoms with Crippen LogP contribution in [-0.2, 0) is 20.8 Å². The maximum atomic E-state index is 13.7. The molecule has 0 radical (unpaired) electrons. The first-order valence-corrected chi connectivity index (χ1v) is 11.8. The van der Waals surface area contributed by atoms with Crippen molar-refractivity contribution in [2.24, 2.45) is 10.4 Å². The van der Waals surface area contributed by atoms with Gasteiger partial charge in [0.1, 0.15) is 5.56 Å². The van der Waals surface area contributed by atoms with Crippen LogP contribution in [0.4, 0.5) is 16.2 Å². The number of carbonyl (C=O) groups is 4. The van der Waals surface area contributed by atoms with Crippen LogP contribution in [0.15, 0.2) is 32.8 Å². The summed E-state index contributed by atoms with van der Waals surface area (Å²) in [6.45, 7) is 2.32. The number of fused-ring (bicyclic) bond motifs is 4. The molecule has 14 heteroatoms. The van der Waals surface area contributed by atoms with E-state index in [2.05, 4.69) is 9.98 Å². The number of aliphatic imine (C=N–C) groups is 1. The molecule has 2 saturated heterocycles. The Balaban J connectivity index is 1.61. The molecule has 3 aliphatic rings. The van der Waals surface area contributed by atoms with E-state index in [-0.39, 0.29) is 24.4 Å². The lowest BCUT2D eigenvalue weighted by Crippen LogP contribution is -2.74. The smallest absolute Gasteiger partial charge is 0.332 e. The van der Waals surface area contributed by atoms with Crippen LogP contribution >= 0.6 is 0 Å². The first-order chi connectivity index (χ1) is 18.0. The Bertz CT molecular complexity index is 1520. The third kappa shape index (κ3) is 3.59. The Morgan fingerprint density at radius 3 is 2.39 bits per heavy atom. The monoisotopic (exact) mass is 523 g/mol. The van der Waals surface area contributed by atoms with Crippen LogP contribution in [0.1, 0.15) is 18.1 Å². The summed E-state index contributed by atoms with van der Waals surface area (Å²) in [6.07, 6.45) is 1.05. The van der Waals surface area contributed by atoms with E-state index < -0.39 is 46.4 Å². The number of aromatic nitrogens is 2. The van der Waals surface area contributed by atoms with Crippen LogP contribution in [0, 0.1) is 5.41 Å². The third-order valence-corrected chi connectivity index (χ3v) is 7.48. The predicted octanol–water partition coefficient (Wildman–Crippen LogP) is -0.851. The summed E-state index contributed by atoms with van der Waals surface area (Å²) >= 11 is 0. The number of imide groups is 2. The molecule has 3 N–H and O–H groups in total. The summed E-state index contributed by atoms with van der Waals surface area (Å²) in [4.78, 5) is 89.3. The van der Waals surface area contributed by atoms with Gasteiger partial charge >= 0.3 is 11.7 Å². The zero-order chi connectivity index (χ0) is 27.5. The zero-order valence-corrected chi connectivity index (χ0v) is 20.8. The van der Waals surface area contributed by atoms with Gasteiger partial charge in [-0.05, 0) is 30.2 Å². The van der Waals surface area contributed by atoms with Gasteiger partial charge in [0.05, 0.1) is 11.7 Å². The largest absolute Gasteiger partial charge is 0.494 e. The quantitative estimate of drug-likeness (QED) is 0.336. The van der Waals surface area contributed by atoms with Gasteiger partial charge in [0.15, 0.2) is 5.41 Å². The summed E-state index contributed by atoms with van der Waals surface area (Å²) in [7, 11) is 2.66. The molecular formula is C24H25N7O7. The molecule has 2 aromatic rings. The van der Waals surface area contributed by atoms with Crippen molar-refractivity contribution in [3.8, 4) is 5.88 Å². The molecule has 5 amide bonds. The molecule has 0 bridgehead atoms. The lowest BCUT2D eigenvalue weighted by Gasteiger charge is -2.56. The van der Waals surface area contributed by atoms with Gasteiger partial charge in [-0.15, -0.1) is 0 Å². The van der Waals surface area contributed by atoms with Gasteiger partial charge in [0.2, 0.25) is 23.6 Å². The van der Waals surface area contributed by atoms with Crippen molar-refractivity contribution >= 4 is 41.3 Å². The van der Waals surface area contributed by atoms with E-state index in [1.165, 1.54) is 21.0 Å². The molecular weight excluding hydrogens is 498 g/mol. The molecule has 3 aliphatic heterocycles. The fraction of sp³-hybridized carbons (Fsp3) is 0.375. The number of anilines is 1. The fourth-order valence-electron chi connectivity index (χ4n) is 5.54. The summed E-state index contributed by atoms with van der Waals surface area (Å²) < 4.78 is 0. The topological polar surface area (TPSA) is 180 Å². The highest BCUT2D eigenvalue weighted by molar-refractivity contribution is 6.20. The molecule has 0 saturated carbocycles. The van der Waals surface area contributed by atoms with Crippen LogP contribution in [0.3, 0.4) is 0 Å². The number of aromatic amines is 2. The van der Waals surface area contributed by atoms with Crippen LogP contribution in [0.2, 0.25) is 0 Å². The maximum absolute atomic E-state index is 13.7. The minimum atomic E-state index is -1.66. The number of carbonyl (C=O) groups excluding carboxylic acids is 4. The number of rotatable bonds is 2. The van der Waals surface area contributed by atoms with Gasteiger partial charge in [0, 0.05) is 52.6 Å². The second-order valence-electron chi connectivity index (χ2n) is 9.58. The Labute approximate surface area is 215 Å². The third-order valence-electron chi connectivity index (χ3n) is 7.48. The molecule has 198 valence electrons. The van der Waals surface area contributed by atoms with Crippen LogP contribution in [0.5, 0.6) is 5.88 Å². The Morgan fingerprint density at radius 2 is 1.76 bits per heavy atom. The number of hydrogen-bond acceptors (Lipinski definition) is 9. The van der Waals surface area contributed by atoms with E-state index in [1.54, 1.807) is 23.1 Å². The average molecular weight is 524 g/mol. The minimum Gasteiger partial charge on any atom is -0.494 e. The number of barbiturate groups is 1. The summed E-state index contributed by atoms with van der Waals surface area (Å²) in [6, 6.07) is 3.68. The second kappa shape index (κ2) is 8.68. The molecule has 1 unspecified atom stereocenters. The highest BCUT2D eigenvalue weighted by Gasteiger charge is 2.64. The Morgan fingerprint density at radius 1 is 1.08 bits per heavy atom. The van der Waals surface area contributed by atoms with Gasteiger partial charge in [-0.1, -0.05) is 0 Å². The number of piperazine rings is 1. The molecule has 4 heterocycles. The molecule has 1 aromatic heterocycles. The highest BCUT2D eigenvalue weighted by Crippen LogP contribution is 2.47. The predicted molar refractivity (Wildman–Crippen MR) is 134 cm³/mol. The highest BCUT2D eigenvalue weighted by atomic mass is 16.3. The number of nitrogens with zero attached hydrogens (tertiary/aromatic N) is 5. The van der Waals surface area contributed by atoms with E-state index in [1.807, 2.05) is 9.88 Å². The van der Waals surface area contributed by atoms with Crippen molar-refractivity contribution in [3.63, 3.8) is 0 Å². The van der Waals surface area contributed by atoms with E-state index in [0.717, 1.165) is 21.7 Å². The Hall–Kier alpha value is -4.75. The lowest BCUT2D eigenvalue weighted by molar-refractivity contribution is -0.161. The molecule has 1 spiro atoms. The normalized spacial score (nSPS) is 20.8. The average Bonchev–Trinajstić information content (AvgIpc) is 2.88. The maximum Gasteiger partial charge on any atom is 0.332 e. The van der Waals surface area contributed by atoms with E-state index in [9.17, 15) is 33.9 Å². The number of nitrogens with one attached hydrogen (secondary N) is 2. The molecule has 1 aromatic carbocycles. The van der Waals surface area contributed by atoms with Crippen molar-refractivity contribution in [1.82, 2.24) is 24.7 Å². The summed E-state index contributed by atoms with van der Waals surface area (Å²) in [5, 5.41) is 9.91. The number of amides is 5. The Kier molecular flexibility index (Phi) is 5.69. The summed E-state index contributed by atoms with van der Waals surface area (Å²) in [5.41, 5.74) is -1.86. The van der Waals surface area contributed by atoms with Gasteiger partial charge < -0.3 is 14.9 Å².